The van der Waals surface area contributed by atoms with E-state index in [0.29, 0.717) is 6.04 Å². The van der Waals surface area contributed by atoms with Crippen LogP contribution in [0.5, 0.6) is 0 Å². The van der Waals surface area contributed by atoms with Gasteiger partial charge in [-0.1, -0.05) is 13.8 Å². The third-order valence-electron chi connectivity index (χ3n) is 2.09. The van der Waals surface area contributed by atoms with Crippen LogP contribution in [0.4, 0.5) is 0 Å². The number of nitrogens with one attached hydrogen (secondary N) is 2. The minimum Gasteiger partial charge on any atom is -0.360 e. The SMILES string of the molecule is CC(C)NCc1nc(-c2ccc[nH]2)cs1. The van der Waals surface area contributed by atoms with Crippen molar-refractivity contribution in [2.24, 2.45) is 0 Å². The second-order valence-corrected chi connectivity index (χ2v) is 4.69. The molecule has 2 aromatic heterocycles. The maximum absolute atomic E-state index is 4.55. The molecule has 15 heavy (non-hydrogen) atoms. The van der Waals surface area contributed by atoms with Gasteiger partial charge in [-0.05, 0) is 12.1 Å². The quantitative estimate of drug-likeness (QED) is 0.833. The Morgan fingerprint density at radius 1 is 1.53 bits per heavy atom. The molecular formula is C11H15N3S. The molecule has 0 aromatic carbocycles. The van der Waals surface area contributed by atoms with Crippen LogP contribution < -0.4 is 5.32 Å². The molecule has 0 fully saturated rings. The van der Waals surface area contributed by atoms with Crippen LogP contribution in [0.15, 0.2) is 23.7 Å². The van der Waals surface area contributed by atoms with E-state index in [2.05, 4.69) is 34.5 Å². The van der Waals surface area contributed by atoms with Crippen LogP contribution in [0.25, 0.3) is 11.4 Å². The highest BCUT2D eigenvalue weighted by molar-refractivity contribution is 7.09. The van der Waals surface area contributed by atoms with Crippen LogP contribution in [-0.4, -0.2) is 16.0 Å². The van der Waals surface area contributed by atoms with Gasteiger partial charge in [-0.3, -0.25) is 0 Å². The van der Waals surface area contributed by atoms with Crippen molar-refractivity contribution in [2.45, 2.75) is 26.4 Å². The zero-order valence-corrected chi connectivity index (χ0v) is 9.77. The minimum absolute atomic E-state index is 0.503. The predicted octanol–water partition coefficient (Wildman–Crippen LogP) is 2.64. The van der Waals surface area contributed by atoms with Crippen molar-refractivity contribution < 1.29 is 0 Å². The van der Waals surface area contributed by atoms with Crippen molar-refractivity contribution in [3.63, 3.8) is 0 Å². The molecule has 0 saturated heterocycles. The maximum Gasteiger partial charge on any atom is 0.107 e. The van der Waals surface area contributed by atoms with Gasteiger partial charge in [0.15, 0.2) is 0 Å². The number of aromatic amines is 1. The highest BCUT2D eigenvalue weighted by atomic mass is 32.1. The summed E-state index contributed by atoms with van der Waals surface area (Å²) in [7, 11) is 0. The minimum atomic E-state index is 0.503. The molecule has 0 amide bonds. The zero-order valence-electron chi connectivity index (χ0n) is 8.95. The summed E-state index contributed by atoms with van der Waals surface area (Å²) in [5.41, 5.74) is 2.12. The molecule has 3 nitrogen and oxygen atoms in total. The maximum atomic E-state index is 4.55. The van der Waals surface area contributed by atoms with Crippen LogP contribution in [0, 0.1) is 0 Å². The summed E-state index contributed by atoms with van der Waals surface area (Å²) in [6.07, 6.45) is 1.92. The van der Waals surface area contributed by atoms with Crippen LogP contribution in [-0.2, 0) is 6.54 Å². The van der Waals surface area contributed by atoms with E-state index < -0.39 is 0 Å². The van der Waals surface area contributed by atoms with E-state index >= 15 is 0 Å². The van der Waals surface area contributed by atoms with Gasteiger partial charge in [0, 0.05) is 24.2 Å². The molecule has 2 rings (SSSR count). The molecule has 2 aromatic rings. The summed E-state index contributed by atoms with van der Waals surface area (Å²) in [6.45, 7) is 5.13. The van der Waals surface area contributed by atoms with Crippen molar-refractivity contribution in [1.29, 1.82) is 0 Å². The lowest BCUT2D eigenvalue weighted by Gasteiger charge is -2.04. The fourth-order valence-corrected chi connectivity index (χ4v) is 2.04. The van der Waals surface area contributed by atoms with Gasteiger partial charge in [0.05, 0.1) is 11.4 Å². The largest absolute Gasteiger partial charge is 0.360 e. The Morgan fingerprint density at radius 2 is 2.40 bits per heavy atom. The van der Waals surface area contributed by atoms with Gasteiger partial charge < -0.3 is 10.3 Å². The standard InChI is InChI=1S/C11H15N3S/c1-8(2)13-6-11-14-10(7-15-11)9-4-3-5-12-9/h3-5,7-8,12-13H,6H2,1-2H3. The van der Waals surface area contributed by atoms with Gasteiger partial charge in [0.2, 0.25) is 0 Å². The first-order valence-corrected chi connectivity index (χ1v) is 5.95. The van der Waals surface area contributed by atoms with Crippen molar-refractivity contribution in [2.75, 3.05) is 0 Å². The average molecular weight is 221 g/mol. The van der Waals surface area contributed by atoms with Crippen molar-refractivity contribution >= 4 is 11.3 Å². The Bertz CT molecular complexity index is 403. The summed E-state index contributed by atoms with van der Waals surface area (Å²) in [4.78, 5) is 7.70. The lowest BCUT2D eigenvalue weighted by molar-refractivity contribution is 0.587. The Labute approximate surface area is 93.6 Å². The fourth-order valence-electron chi connectivity index (χ4n) is 1.30. The number of nitrogens with zero attached hydrogens (tertiary/aromatic N) is 1. The number of hydrogen-bond donors (Lipinski definition) is 2. The molecule has 80 valence electrons. The van der Waals surface area contributed by atoms with E-state index in [1.54, 1.807) is 11.3 Å². The third kappa shape index (κ3) is 2.67. The number of hydrogen-bond acceptors (Lipinski definition) is 3. The Morgan fingerprint density at radius 3 is 3.07 bits per heavy atom. The smallest absolute Gasteiger partial charge is 0.107 e. The van der Waals surface area contributed by atoms with E-state index in [4.69, 9.17) is 0 Å². The topological polar surface area (TPSA) is 40.7 Å². The first-order valence-electron chi connectivity index (χ1n) is 5.07. The average Bonchev–Trinajstić information content (AvgIpc) is 2.85. The Hall–Kier alpha value is -1.13. The van der Waals surface area contributed by atoms with E-state index in [1.807, 2.05) is 18.3 Å². The molecule has 0 bridgehead atoms. The van der Waals surface area contributed by atoms with Gasteiger partial charge in [0.25, 0.3) is 0 Å². The molecule has 4 heteroatoms. The van der Waals surface area contributed by atoms with Gasteiger partial charge in [-0.25, -0.2) is 4.98 Å². The molecule has 0 saturated carbocycles. The van der Waals surface area contributed by atoms with E-state index in [-0.39, 0.29) is 0 Å². The van der Waals surface area contributed by atoms with Crippen molar-refractivity contribution in [3.05, 3.63) is 28.7 Å². The highest BCUT2D eigenvalue weighted by Crippen LogP contribution is 2.19. The summed E-state index contributed by atoms with van der Waals surface area (Å²) >= 11 is 1.70. The second kappa shape index (κ2) is 4.59. The summed E-state index contributed by atoms with van der Waals surface area (Å²) in [6, 6.07) is 4.53. The molecule has 0 aliphatic heterocycles. The van der Waals surface area contributed by atoms with Gasteiger partial charge in [-0.15, -0.1) is 11.3 Å². The normalized spacial score (nSPS) is 11.1. The lowest BCUT2D eigenvalue weighted by Crippen LogP contribution is -2.21. The second-order valence-electron chi connectivity index (χ2n) is 3.75. The number of thiazole rings is 1. The predicted molar refractivity (Wildman–Crippen MR) is 63.9 cm³/mol. The Kier molecular flexibility index (Phi) is 3.18. The Balaban J connectivity index is 2.04. The molecule has 0 aliphatic carbocycles. The lowest BCUT2D eigenvalue weighted by atomic mass is 10.3. The summed E-state index contributed by atoms with van der Waals surface area (Å²) < 4.78 is 0. The van der Waals surface area contributed by atoms with Crippen LogP contribution >= 0.6 is 11.3 Å². The molecule has 0 spiro atoms. The summed E-state index contributed by atoms with van der Waals surface area (Å²) in [5, 5.41) is 6.58. The fraction of sp³-hybridized carbons (Fsp3) is 0.364. The van der Waals surface area contributed by atoms with Gasteiger partial charge >= 0.3 is 0 Å². The van der Waals surface area contributed by atoms with Gasteiger partial charge in [0.1, 0.15) is 5.01 Å². The number of H-pyrrole nitrogens is 1. The number of rotatable bonds is 4. The van der Waals surface area contributed by atoms with Crippen LogP contribution in [0.1, 0.15) is 18.9 Å². The molecular weight excluding hydrogens is 206 g/mol. The zero-order chi connectivity index (χ0) is 10.7. The van der Waals surface area contributed by atoms with Gasteiger partial charge in [-0.2, -0.15) is 0 Å². The van der Waals surface area contributed by atoms with E-state index in [0.717, 1.165) is 22.9 Å². The molecule has 2 heterocycles. The van der Waals surface area contributed by atoms with Crippen LogP contribution in [0.2, 0.25) is 0 Å². The first kappa shape index (κ1) is 10.4. The third-order valence-corrected chi connectivity index (χ3v) is 2.94. The van der Waals surface area contributed by atoms with Crippen LogP contribution in [0.3, 0.4) is 0 Å². The molecule has 0 atom stereocenters. The molecule has 2 N–H and O–H groups in total. The van der Waals surface area contributed by atoms with E-state index in [9.17, 15) is 0 Å². The highest BCUT2D eigenvalue weighted by Gasteiger charge is 2.04. The van der Waals surface area contributed by atoms with Crippen molar-refractivity contribution in [1.82, 2.24) is 15.3 Å². The molecule has 0 unspecified atom stereocenters. The number of aromatic nitrogens is 2. The molecule has 0 radical (unpaired) electrons. The summed E-state index contributed by atoms with van der Waals surface area (Å²) in [5.74, 6) is 0. The van der Waals surface area contributed by atoms with E-state index in [1.165, 1.54) is 0 Å². The molecule has 0 aliphatic rings. The first-order chi connectivity index (χ1) is 7.25. The monoisotopic (exact) mass is 221 g/mol. The van der Waals surface area contributed by atoms with Crippen molar-refractivity contribution in [3.8, 4) is 11.4 Å².